The third-order valence-corrected chi connectivity index (χ3v) is 5.46. The summed E-state index contributed by atoms with van der Waals surface area (Å²) in [5.41, 5.74) is 5.34. The largest absolute Gasteiger partial charge is 0.330 e. The molecule has 0 aliphatic rings. The van der Waals surface area contributed by atoms with Crippen LogP contribution in [0.2, 0.25) is 0 Å². The van der Waals surface area contributed by atoms with Crippen molar-refractivity contribution >= 4 is 9.84 Å². The molecule has 0 aromatic rings. The van der Waals surface area contributed by atoms with E-state index in [4.69, 9.17) is 5.73 Å². The van der Waals surface area contributed by atoms with Crippen molar-refractivity contribution in [3.8, 4) is 0 Å². The van der Waals surface area contributed by atoms with Crippen LogP contribution in [0, 0.1) is 0 Å². The fraction of sp³-hybridized carbons (Fsp3) is 1.00. The van der Waals surface area contributed by atoms with Crippen molar-refractivity contribution in [3.05, 3.63) is 0 Å². The highest BCUT2D eigenvalue weighted by atomic mass is 32.2. The van der Waals surface area contributed by atoms with Gasteiger partial charge in [0.15, 0.2) is 9.84 Å². The average Bonchev–Trinajstić information content (AvgIpc) is 2.06. The molecule has 80 valence electrons. The van der Waals surface area contributed by atoms with Crippen LogP contribution in [0.1, 0.15) is 40.0 Å². The molecule has 3 nitrogen and oxygen atoms in total. The number of hydrogen-bond acceptors (Lipinski definition) is 3. The van der Waals surface area contributed by atoms with E-state index in [1.165, 1.54) is 0 Å². The van der Waals surface area contributed by atoms with Crippen molar-refractivity contribution in [1.29, 1.82) is 0 Å². The molecule has 0 aromatic carbocycles. The molecule has 0 saturated carbocycles. The third kappa shape index (κ3) is 3.27. The minimum Gasteiger partial charge on any atom is -0.330 e. The lowest BCUT2D eigenvalue weighted by Gasteiger charge is -2.18. The summed E-state index contributed by atoms with van der Waals surface area (Å²) in [5.74, 6) is 0. The second-order valence-corrected chi connectivity index (χ2v) is 6.06. The Morgan fingerprint density at radius 2 is 1.69 bits per heavy atom. The highest BCUT2D eigenvalue weighted by Gasteiger charge is 2.27. The van der Waals surface area contributed by atoms with Gasteiger partial charge in [0.1, 0.15) is 0 Å². The standard InChI is InChI=1S/C9H21NO2S/c1-4-9(5-2)13(11,12)8(3)6-7-10/h8-9H,4-7,10H2,1-3H3. The van der Waals surface area contributed by atoms with Gasteiger partial charge in [-0.1, -0.05) is 13.8 Å². The third-order valence-electron chi connectivity index (χ3n) is 2.51. The Balaban J connectivity index is 4.53. The first-order valence-electron chi connectivity index (χ1n) is 4.93. The molecule has 0 aliphatic carbocycles. The maximum Gasteiger partial charge on any atom is 0.155 e. The first-order valence-corrected chi connectivity index (χ1v) is 6.54. The Morgan fingerprint density at radius 1 is 1.23 bits per heavy atom. The predicted octanol–water partition coefficient (Wildman–Crippen LogP) is 1.33. The van der Waals surface area contributed by atoms with E-state index in [9.17, 15) is 8.42 Å². The molecule has 0 heterocycles. The summed E-state index contributed by atoms with van der Waals surface area (Å²) < 4.78 is 23.7. The molecule has 0 spiro atoms. The Morgan fingerprint density at radius 3 is 2.00 bits per heavy atom. The Kier molecular flexibility index (Phi) is 5.56. The molecular formula is C9H21NO2S. The summed E-state index contributed by atoms with van der Waals surface area (Å²) >= 11 is 0. The molecule has 1 unspecified atom stereocenters. The molecule has 13 heavy (non-hydrogen) atoms. The molecule has 4 heteroatoms. The van der Waals surface area contributed by atoms with Gasteiger partial charge in [-0.25, -0.2) is 8.42 Å². The average molecular weight is 207 g/mol. The van der Waals surface area contributed by atoms with Gasteiger partial charge in [-0.05, 0) is 32.7 Å². The molecule has 2 N–H and O–H groups in total. The van der Waals surface area contributed by atoms with Crippen molar-refractivity contribution in [2.45, 2.75) is 50.5 Å². The SMILES string of the molecule is CCC(CC)S(=O)(=O)C(C)CCN. The van der Waals surface area contributed by atoms with Crippen LogP contribution in [-0.4, -0.2) is 25.5 Å². The van der Waals surface area contributed by atoms with E-state index in [1.807, 2.05) is 13.8 Å². The van der Waals surface area contributed by atoms with Gasteiger partial charge < -0.3 is 5.73 Å². The zero-order valence-electron chi connectivity index (χ0n) is 8.79. The minimum absolute atomic E-state index is 0.186. The van der Waals surface area contributed by atoms with E-state index in [1.54, 1.807) is 6.92 Å². The molecule has 0 aliphatic heterocycles. The number of hydrogen-bond donors (Lipinski definition) is 1. The lowest BCUT2D eigenvalue weighted by atomic mass is 10.3. The van der Waals surface area contributed by atoms with Crippen molar-refractivity contribution in [2.24, 2.45) is 5.73 Å². The van der Waals surface area contributed by atoms with Gasteiger partial charge in [-0.2, -0.15) is 0 Å². The summed E-state index contributed by atoms with van der Waals surface area (Å²) in [6.45, 7) is 6.03. The van der Waals surface area contributed by atoms with E-state index in [0.29, 0.717) is 25.8 Å². The van der Waals surface area contributed by atoms with Gasteiger partial charge in [0.25, 0.3) is 0 Å². The maximum absolute atomic E-state index is 11.8. The molecule has 0 aromatic heterocycles. The molecule has 0 rings (SSSR count). The number of nitrogens with two attached hydrogens (primary N) is 1. The summed E-state index contributed by atoms with van der Waals surface area (Å²) in [5, 5.41) is -0.476. The maximum atomic E-state index is 11.8. The van der Waals surface area contributed by atoms with E-state index in [-0.39, 0.29) is 10.5 Å². The van der Waals surface area contributed by atoms with Crippen LogP contribution >= 0.6 is 0 Å². The fourth-order valence-electron chi connectivity index (χ4n) is 1.48. The summed E-state index contributed by atoms with van der Waals surface area (Å²) in [6, 6.07) is 0. The first kappa shape index (κ1) is 12.9. The second kappa shape index (κ2) is 5.60. The van der Waals surface area contributed by atoms with Crippen LogP contribution in [0.15, 0.2) is 0 Å². The summed E-state index contributed by atoms with van der Waals surface area (Å²) in [7, 11) is -2.94. The number of rotatable bonds is 6. The molecule has 0 fully saturated rings. The molecular weight excluding hydrogens is 186 g/mol. The molecule has 0 amide bonds. The molecule has 0 radical (unpaired) electrons. The normalized spacial score (nSPS) is 14.8. The molecule has 0 saturated heterocycles. The second-order valence-electron chi connectivity index (χ2n) is 3.42. The van der Waals surface area contributed by atoms with E-state index in [2.05, 4.69) is 0 Å². The van der Waals surface area contributed by atoms with Gasteiger partial charge in [-0.15, -0.1) is 0 Å². The Bertz CT molecular complexity index is 220. The first-order chi connectivity index (χ1) is 6.00. The number of sulfone groups is 1. The van der Waals surface area contributed by atoms with Crippen molar-refractivity contribution in [3.63, 3.8) is 0 Å². The lowest BCUT2D eigenvalue weighted by Crippen LogP contribution is -2.31. The monoisotopic (exact) mass is 207 g/mol. The van der Waals surface area contributed by atoms with E-state index >= 15 is 0 Å². The van der Waals surface area contributed by atoms with E-state index in [0.717, 1.165) is 0 Å². The van der Waals surface area contributed by atoms with Crippen LogP contribution in [-0.2, 0) is 9.84 Å². The van der Waals surface area contributed by atoms with Crippen molar-refractivity contribution in [2.75, 3.05) is 6.54 Å². The predicted molar refractivity (Wildman–Crippen MR) is 56.4 cm³/mol. The lowest BCUT2D eigenvalue weighted by molar-refractivity contribution is 0.554. The zero-order valence-corrected chi connectivity index (χ0v) is 9.60. The van der Waals surface area contributed by atoms with Crippen LogP contribution in [0.5, 0.6) is 0 Å². The van der Waals surface area contributed by atoms with Crippen molar-refractivity contribution in [1.82, 2.24) is 0 Å². The summed E-state index contributed by atoms with van der Waals surface area (Å²) in [4.78, 5) is 0. The van der Waals surface area contributed by atoms with Crippen LogP contribution < -0.4 is 5.73 Å². The topological polar surface area (TPSA) is 60.2 Å². The van der Waals surface area contributed by atoms with Gasteiger partial charge >= 0.3 is 0 Å². The minimum atomic E-state index is -2.94. The van der Waals surface area contributed by atoms with E-state index < -0.39 is 9.84 Å². The van der Waals surface area contributed by atoms with Gasteiger partial charge in [0.05, 0.1) is 10.5 Å². The smallest absolute Gasteiger partial charge is 0.155 e. The highest BCUT2D eigenvalue weighted by molar-refractivity contribution is 7.92. The van der Waals surface area contributed by atoms with Crippen LogP contribution in [0.3, 0.4) is 0 Å². The van der Waals surface area contributed by atoms with Crippen LogP contribution in [0.25, 0.3) is 0 Å². The quantitative estimate of drug-likeness (QED) is 0.714. The van der Waals surface area contributed by atoms with Gasteiger partial charge in [0.2, 0.25) is 0 Å². The van der Waals surface area contributed by atoms with Crippen molar-refractivity contribution < 1.29 is 8.42 Å². The van der Waals surface area contributed by atoms with Gasteiger partial charge in [0, 0.05) is 0 Å². The Hall–Kier alpha value is -0.0900. The van der Waals surface area contributed by atoms with Crippen LogP contribution in [0.4, 0.5) is 0 Å². The molecule has 0 bridgehead atoms. The van der Waals surface area contributed by atoms with Gasteiger partial charge in [-0.3, -0.25) is 0 Å². The summed E-state index contributed by atoms with van der Waals surface area (Å²) in [6.07, 6.45) is 1.97. The Labute approximate surface area is 81.6 Å². The highest BCUT2D eigenvalue weighted by Crippen LogP contribution is 2.17. The zero-order chi connectivity index (χ0) is 10.5. The fourth-order valence-corrected chi connectivity index (χ4v) is 3.53. The molecule has 1 atom stereocenters.